The Morgan fingerprint density at radius 1 is 1.36 bits per heavy atom. The van der Waals surface area contributed by atoms with Crippen LogP contribution in [0.3, 0.4) is 0 Å². The summed E-state index contributed by atoms with van der Waals surface area (Å²) in [7, 11) is 0. The van der Waals surface area contributed by atoms with Gasteiger partial charge in [-0.15, -0.1) is 0 Å². The fourth-order valence-corrected chi connectivity index (χ4v) is 2.29. The second-order valence-corrected chi connectivity index (χ2v) is 5.59. The Morgan fingerprint density at radius 2 is 2.14 bits per heavy atom. The largest absolute Gasteiger partial charge is 0.507 e. The van der Waals surface area contributed by atoms with E-state index in [4.69, 9.17) is 0 Å². The number of phenols is 1. The standard InChI is InChI=1S/C16H15BrN2O3/c1-10-5-6-12(9-20)14(15(10)21)8-18-19-16(22)11-3-2-4-13(17)7-11/h2-8,20-21H,9H2,1H3,(H,19,22)/b18-8-. The summed E-state index contributed by atoms with van der Waals surface area (Å²) in [6.45, 7) is 1.52. The molecule has 6 heteroatoms. The first kappa shape index (κ1) is 16.2. The van der Waals surface area contributed by atoms with Crippen LogP contribution in [0.1, 0.15) is 27.0 Å². The Balaban J connectivity index is 2.16. The third-order valence-corrected chi connectivity index (χ3v) is 3.62. The topological polar surface area (TPSA) is 81.9 Å². The van der Waals surface area contributed by atoms with Gasteiger partial charge in [-0.3, -0.25) is 4.79 Å². The van der Waals surface area contributed by atoms with Crippen LogP contribution in [0.2, 0.25) is 0 Å². The van der Waals surface area contributed by atoms with E-state index in [2.05, 4.69) is 26.5 Å². The van der Waals surface area contributed by atoms with Gasteiger partial charge in [-0.25, -0.2) is 5.43 Å². The summed E-state index contributed by atoms with van der Waals surface area (Å²) < 4.78 is 0.794. The van der Waals surface area contributed by atoms with Crippen LogP contribution in [0.4, 0.5) is 0 Å². The summed E-state index contributed by atoms with van der Waals surface area (Å²) in [5.74, 6) is -0.331. The zero-order chi connectivity index (χ0) is 16.1. The first-order chi connectivity index (χ1) is 10.5. The fourth-order valence-electron chi connectivity index (χ4n) is 1.89. The van der Waals surface area contributed by atoms with Gasteiger partial charge in [0.25, 0.3) is 5.91 Å². The van der Waals surface area contributed by atoms with Crippen molar-refractivity contribution in [3.05, 3.63) is 63.1 Å². The van der Waals surface area contributed by atoms with E-state index in [1.807, 2.05) is 6.07 Å². The van der Waals surface area contributed by atoms with E-state index in [9.17, 15) is 15.0 Å². The predicted molar refractivity (Wildman–Crippen MR) is 88.0 cm³/mol. The van der Waals surface area contributed by atoms with Crippen LogP contribution >= 0.6 is 15.9 Å². The third kappa shape index (κ3) is 3.72. The predicted octanol–water partition coefficient (Wildman–Crippen LogP) is 2.72. The first-order valence-electron chi connectivity index (χ1n) is 6.54. The number of halogens is 1. The zero-order valence-electron chi connectivity index (χ0n) is 11.9. The number of hydrazone groups is 1. The van der Waals surface area contributed by atoms with E-state index in [-0.39, 0.29) is 18.3 Å². The molecule has 0 bridgehead atoms. The van der Waals surface area contributed by atoms with E-state index in [0.29, 0.717) is 22.3 Å². The van der Waals surface area contributed by atoms with Gasteiger partial charge in [0.15, 0.2) is 0 Å². The Hall–Kier alpha value is -2.18. The number of carbonyl (C=O) groups is 1. The Labute approximate surface area is 136 Å². The maximum atomic E-state index is 11.9. The number of aliphatic hydroxyl groups is 1. The van der Waals surface area contributed by atoms with Gasteiger partial charge >= 0.3 is 0 Å². The molecule has 22 heavy (non-hydrogen) atoms. The van der Waals surface area contributed by atoms with Gasteiger partial charge < -0.3 is 10.2 Å². The summed E-state index contributed by atoms with van der Waals surface area (Å²) in [6, 6.07) is 10.3. The number of nitrogens with zero attached hydrogens (tertiary/aromatic N) is 1. The van der Waals surface area contributed by atoms with Gasteiger partial charge in [0.1, 0.15) is 5.75 Å². The summed E-state index contributed by atoms with van der Waals surface area (Å²) >= 11 is 3.29. The van der Waals surface area contributed by atoms with Gasteiger partial charge in [-0.1, -0.05) is 34.1 Å². The molecule has 5 nitrogen and oxygen atoms in total. The van der Waals surface area contributed by atoms with Crippen molar-refractivity contribution >= 4 is 28.1 Å². The van der Waals surface area contributed by atoms with Crippen LogP contribution < -0.4 is 5.43 Å². The van der Waals surface area contributed by atoms with E-state index >= 15 is 0 Å². The molecule has 0 aromatic heterocycles. The molecule has 0 aliphatic rings. The SMILES string of the molecule is Cc1ccc(CO)c(/C=N\NC(=O)c2cccc(Br)c2)c1O. The van der Waals surface area contributed by atoms with Gasteiger partial charge in [0, 0.05) is 15.6 Å². The number of aliphatic hydroxyl groups excluding tert-OH is 1. The summed E-state index contributed by atoms with van der Waals surface area (Å²) in [6.07, 6.45) is 1.32. The first-order valence-corrected chi connectivity index (χ1v) is 7.33. The van der Waals surface area contributed by atoms with Crippen LogP contribution in [-0.2, 0) is 6.61 Å². The van der Waals surface area contributed by atoms with Crippen LogP contribution in [-0.4, -0.2) is 22.3 Å². The Morgan fingerprint density at radius 3 is 2.82 bits per heavy atom. The van der Waals surface area contributed by atoms with Crippen LogP contribution in [0.25, 0.3) is 0 Å². The number of amides is 1. The lowest BCUT2D eigenvalue weighted by atomic mass is 10.0. The molecule has 0 heterocycles. The minimum absolute atomic E-state index is 0.0343. The van der Waals surface area contributed by atoms with Crippen molar-refractivity contribution in [2.45, 2.75) is 13.5 Å². The van der Waals surface area contributed by atoms with Crippen molar-refractivity contribution in [3.63, 3.8) is 0 Å². The summed E-state index contributed by atoms with van der Waals surface area (Å²) in [5.41, 5.74) is 4.43. The number of rotatable bonds is 4. The number of aryl methyl sites for hydroxylation is 1. The number of nitrogens with one attached hydrogen (secondary N) is 1. The maximum Gasteiger partial charge on any atom is 0.271 e. The zero-order valence-corrected chi connectivity index (χ0v) is 13.5. The van der Waals surface area contributed by atoms with E-state index in [0.717, 1.165) is 4.47 Å². The lowest BCUT2D eigenvalue weighted by molar-refractivity contribution is 0.0955. The number of hydrogen-bond acceptors (Lipinski definition) is 4. The Kier molecular flexibility index (Phi) is 5.30. The molecule has 0 atom stereocenters. The average Bonchev–Trinajstić information content (AvgIpc) is 2.51. The molecule has 114 valence electrons. The quantitative estimate of drug-likeness (QED) is 0.577. The van der Waals surface area contributed by atoms with Crippen molar-refractivity contribution in [3.8, 4) is 5.75 Å². The highest BCUT2D eigenvalue weighted by Gasteiger charge is 2.08. The van der Waals surface area contributed by atoms with E-state index in [1.54, 1.807) is 37.3 Å². The molecule has 0 spiro atoms. The average molecular weight is 363 g/mol. The number of carbonyl (C=O) groups excluding carboxylic acids is 1. The molecular weight excluding hydrogens is 348 g/mol. The van der Waals surface area contributed by atoms with Gasteiger partial charge in [-0.2, -0.15) is 5.10 Å². The third-order valence-electron chi connectivity index (χ3n) is 3.13. The highest BCUT2D eigenvalue weighted by Crippen LogP contribution is 2.24. The normalized spacial score (nSPS) is 10.9. The molecule has 2 aromatic rings. The molecule has 0 radical (unpaired) electrons. The lowest BCUT2D eigenvalue weighted by Gasteiger charge is -2.08. The monoisotopic (exact) mass is 362 g/mol. The van der Waals surface area contributed by atoms with Crippen molar-refractivity contribution in [1.29, 1.82) is 0 Å². The molecule has 0 aliphatic heterocycles. The molecule has 3 N–H and O–H groups in total. The highest BCUT2D eigenvalue weighted by atomic mass is 79.9. The van der Waals surface area contributed by atoms with Crippen LogP contribution in [0.15, 0.2) is 46.0 Å². The van der Waals surface area contributed by atoms with Gasteiger partial charge in [-0.05, 0) is 36.2 Å². The fraction of sp³-hybridized carbons (Fsp3) is 0.125. The van der Waals surface area contributed by atoms with Crippen molar-refractivity contribution in [2.75, 3.05) is 0 Å². The smallest absolute Gasteiger partial charge is 0.271 e. The number of hydrogen-bond donors (Lipinski definition) is 3. The minimum Gasteiger partial charge on any atom is -0.507 e. The lowest BCUT2D eigenvalue weighted by Crippen LogP contribution is -2.17. The summed E-state index contributed by atoms with van der Waals surface area (Å²) in [4.78, 5) is 11.9. The molecule has 0 saturated heterocycles. The number of benzene rings is 2. The second kappa shape index (κ2) is 7.20. The molecule has 1 amide bonds. The summed E-state index contributed by atoms with van der Waals surface area (Å²) in [5, 5.41) is 23.1. The molecule has 0 unspecified atom stereocenters. The highest BCUT2D eigenvalue weighted by molar-refractivity contribution is 9.10. The molecule has 0 saturated carbocycles. The van der Waals surface area contributed by atoms with Crippen LogP contribution in [0.5, 0.6) is 5.75 Å². The second-order valence-electron chi connectivity index (χ2n) is 4.67. The van der Waals surface area contributed by atoms with Crippen molar-refractivity contribution in [2.24, 2.45) is 5.10 Å². The Bertz CT molecular complexity index is 729. The number of aromatic hydroxyl groups is 1. The minimum atomic E-state index is -0.366. The molecule has 0 aliphatic carbocycles. The van der Waals surface area contributed by atoms with Crippen molar-refractivity contribution < 1.29 is 15.0 Å². The van der Waals surface area contributed by atoms with E-state index < -0.39 is 0 Å². The van der Waals surface area contributed by atoms with E-state index in [1.165, 1.54) is 6.21 Å². The van der Waals surface area contributed by atoms with Crippen LogP contribution in [0, 0.1) is 6.92 Å². The number of phenolic OH excluding ortho intramolecular Hbond substituents is 1. The van der Waals surface area contributed by atoms with Gasteiger partial charge in [0.05, 0.1) is 12.8 Å². The molecule has 0 fully saturated rings. The molecule has 2 aromatic carbocycles. The molecule has 2 rings (SSSR count). The van der Waals surface area contributed by atoms with Crippen molar-refractivity contribution in [1.82, 2.24) is 5.43 Å². The molecular formula is C16H15BrN2O3. The maximum absolute atomic E-state index is 11.9. The van der Waals surface area contributed by atoms with Gasteiger partial charge in [0.2, 0.25) is 0 Å².